The zero-order chi connectivity index (χ0) is 16.2. The van der Waals surface area contributed by atoms with E-state index in [9.17, 15) is 9.18 Å². The Balaban J connectivity index is 1.67. The Hall–Kier alpha value is -1.76. The molecule has 1 atom stereocenters. The van der Waals surface area contributed by atoms with Crippen LogP contribution in [0.5, 0.6) is 0 Å². The van der Waals surface area contributed by atoms with E-state index >= 15 is 0 Å². The average Bonchev–Trinajstić information content (AvgIpc) is 3.03. The summed E-state index contributed by atoms with van der Waals surface area (Å²) in [5.74, 6) is -0.292. The Kier molecular flexibility index (Phi) is 5.05. The summed E-state index contributed by atoms with van der Waals surface area (Å²) in [7, 11) is 1.62. The molecule has 1 aliphatic heterocycles. The fourth-order valence-corrected chi connectivity index (χ4v) is 3.73. The molecule has 0 spiro atoms. The van der Waals surface area contributed by atoms with Crippen molar-refractivity contribution in [1.29, 1.82) is 0 Å². The zero-order valence-corrected chi connectivity index (χ0v) is 13.7. The van der Waals surface area contributed by atoms with E-state index in [0.717, 1.165) is 22.8 Å². The van der Waals surface area contributed by atoms with Crippen LogP contribution in [-0.2, 0) is 16.1 Å². The van der Waals surface area contributed by atoms with Crippen molar-refractivity contribution < 1.29 is 13.9 Å². The van der Waals surface area contributed by atoms with Gasteiger partial charge in [0.25, 0.3) is 0 Å². The summed E-state index contributed by atoms with van der Waals surface area (Å²) in [5.41, 5.74) is 0.633. The predicted molar refractivity (Wildman–Crippen MR) is 88.8 cm³/mol. The van der Waals surface area contributed by atoms with Gasteiger partial charge in [-0.15, -0.1) is 11.3 Å². The maximum absolute atomic E-state index is 13.9. The van der Waals surface area contributed by atoms with Gasteiger partial charge in [-0.25, -0.2) is 4.39 Å². The molecule has 1 saturated heterocycles. The first kappa shape index (κ1) is 16.1. The van der Waals surface area contributed by atoms with Crippen LogP contribution in [0.2, 0.25) is 0 Å². The number of hydrogen-bond acceptors (Lipinski definition) is 4. The number of carbonyl (C=O) groups excluding carboxylic acids is 1. The van der Waals surface area contributed by atoms with Crippen LogP contribution in [-0.4, -0.2) is 43.7 Å². The van der Waals surface area contributed by atoms with Crippen molar-refractivity contribution in [3.63, 3.8) is 0 Å². The summed E-state index contributed by atoms with van der Waals surface area (Å²) in [6.45, 7) is 2.66. The van der Waals surface area contributed by atoms with Crippen LogP contribution in [0, 0.1) is 5.82 Å². The number of ether oxygens (including phenoxy) is 1. The Morgan fingerprint density at radius 2 is 2.22 bits per heavy atom. The van der Waals surface area contributed by atoms with Gasteiger partial charge in [-0.2, -0.15) is 0 Å². The third kappa shape index (κ3) is 3.77. The maximum atomic E-state index is 13.9. The van der Waals surface area contributed by atoms with Gasteiger partial charge < -0.3 is 10.1 Å². The van der Waals surface area contributed by atoms with Crippen LogP contribution in [0.15, 0.2) is 36.4 Å². The van der Waals surface area contributed by atoms with E-state index in [1.807, 2.05) is 18.2 Å². The quantitative estimate of drug-likeness (QED) is 0.934. The van der Waals surface area contributed by atoms with Crippen molar-refractivity contribution in [3.05, 3.63) is 47.1 Å². The highest BCUT2D eigenvalue weighted by Gasteiger charge is 2.26. The zero-order valence-electron chi connectivity index (χ0n) is 12.9. The van der Waals surface area contributed by atoms with Crippen LogP contribution in [0.3, 0.4) is 0 Å². The Morgan fingerprint density at radius 3 is 3.00 bits per heavy atom. The molecule has 0 radical (unpaired) electrons. The molecule has 4 nitrogen and oxygen atoms in total. The maximum Gasteiger partial charge on any atom is 0.250 e. The number of hydrogen-bond donors (Lipinski definition) is 1. The van der Waals surface area contributed by atoms with Gasteiger partial charge in [0.1, 0.15) is 11.9 Å². The number of nitrogens with one attached hydrogen (secondary N) is 1. The molecule has 1 aromatic carbocycles. The molecule has 1 aliphatic rings. The van der Waals surface area contributed by atoms with Crippen molar-refractivity contribution in [1.82, 2.24) is 10.2 Å². The lowest BCUT2D eigenvalue weighted by atomic mass is 10.2. The van der Waals surface area contributed by atoms with Crippen molar-refractivity contribution in [2.75, 3.05) is 26.7 Å². The molecule has 1 N–H and O–H groups in total. The van der Waals surface area contributed by atoms with Gasteiger partial charge in [-0.1, -0.05) is 18.2 Å². The molecular formula is C17H19FN2O2S. The summed E-state index contributed by atoms with van der Waals surface area (Å²) in [6, 6.07) is 10.8. The molecule has 2 heterocycles. The molecule has 2 aromatic rings. The Morgan fingerprint density at radius 1 is 1.39 bits per heavy atom. The molecule has 1 amide bonds. The predicted octanol–water partition coefficient (Wildman–Crippen LogP) is 2.50. The largest absolute Gasteiger partial charge is 0.366 e. The van der Waals surface area contributed by atoms with Crippen LogP contribution < -0.4 is 5.32 Å². The minimum atomic E-state index is -0.417. The highest BCUT2D eigenvalue weighted by atomic mass is 32.1. The average molecular weight is 334 g/mol. The van der Waals surface area contributed by atoms with E-state index in [1.54, 1.807) is 30.5 Å². The van der Waals surface area contributed by atoms with E-state index in [-0.39, 0.29) is 11.7 Å². The number of morpholine rings is 1. The standard InChI is InChI=1S/C17H19FN2O2S/c1-19-17(21)15-11-20(8-9-22-15)10-12-6-7-16(23-12)13-4-2-3-5-14(13)18/h2-7,15H,8-11H2,1H3,(H,19,21). The van der Waals surface area contributed by atoms with Crippen LogP contribution in [0.25, 0.3) is 10.4 Å². The normalized spacial score (nSPS) is 18.8. The summed E-state index contributed by atoms with van der Waals surface area (Å²) in [4.78, 5) is 16.0. The number of rotatable bonds is 4. The fraction of sp³-hybridized carbons (Fsp3) is 0.353. The number of halogens is 1. The number of nitrogens with zero attached hydrogens (tertiary/aromatic N) is 1. The third-order valence-corrected chi connectivity index (χ3v) is 4.97. The number of amides is 1. The number of carbonyl (C=O) groups is 1. The summed E-state index contributed by atoms with van der Waals surface area (Å²) < 4.78 is 19.3. The van der Waals surface area contributed by atoms with E-state index in [2.05, 4.69) is 10.2 Å². The monoisotopic (exact) mass is 334 g/mol. The molecule has 6 heteroatoms. The first-order valence-corrected chi connectivity index (χ1v) is 8.38. The van der Waals surface area contributed by atoms with Gasteiger partial charge in [-0.3, -0.25) is 9.69 Å². The van der Waals surface area contributed by atoms with E-state index in [0.29, 0.717) is 18.7 Å². The molecule has 1 aromatic heterocycles. The molecule has 0 bridgehead atoms. The van der Waals surface area contributed by atoms with Gasteiger partial charge in [0.2, 0.25) is 5.91 Å². The van der Waals surface area contributed by atoms with Gasteiger partial charge in [0.15, 0.2) is 0 Å². The van der Waals surface area contributed by atoms with E-state index in [1.165, 1.54) is 6.07 Å². The minimum absolute atomic E-state index is 0.0899. The van der Waals surface area contributed by atoms with Crippen molar-refractivity contribution in [3.8, 4) is 10.4 Å². The van der Waals surface area contributed by atoms with Gasteiger partial charge in [0, 0.05) is 42.0 Å². The van der Waals surface area contributed by atoms with Gasteiger partial charge in [0.05, 0.1) is 6.61 Å². The molecule has 1 unspecified atom stereocenters. The summed E-state index contributed by atoms with van der Waals surface area (Å²) in [6.07, 6.45) is -0.417. The Labute approximate surface area is 138 Å². The van der Waals surface area contributed by atoms with Crippen LogP contribution in [0.4, 0.5) is 4.39 Å². The lowest BCUT2D eigenvalue weighted by Crippen LogP contribution is -2.48. The number of benzene rings is 1. The van der Waals surface area contributed by atoms with Crippen molar-refractivity contribution >= 4 is 17.2 Å². The molecular weight excluding hydrogens is 315 g/mol. The van der Waals surface area contributed by atoms with Crippen molar-refractivity contribution in [2.45, 2.75) is 12.6 Å². The molecule has 23 heavy (non-hydrogen) atoms. The van der Waals surface area contributed by atoms with Crippen LogP contribution >= 0.6 is 11.3 Å². The highest BCUT2D eigenvalue weighted by molar-refractivity contribution is 7.15. The first-order valence-electron chi connectivity index (χ1n) is 7.56. The molecule has 122 valence electrons. The molecule has 0 saturated carbocycles. The summed E-state index contributed by atoms with van der Waals surface area (Å²) in [5, 5.41) is 2.62. The number of thiophene rings is 1. The lowest BCUT2D eigenvalue weighted by molar-refractivity contribution is -0.138. The van der Waals surface area contributed by atoms with Crippen molar-refractivity contribution in [2.24, 2.45) is 0 Å². The minimum Gasteiger partial charge on any atom is -0.366 e. The molecule has 1 fully saturated rings. The Bertz CT molecular complexity index is 689. The second-order valence-electron chi connectivity index (χ2n) is 5.45. The van der Waals surface area contributed by atoms with Gasteiger partial charge >= 0.3 is 0 Å². The molecule has 0 aliphatic carbocycles. The third-order valence-electron chi connectivity index (χ3n) is 3.87. The number of likely N-dealkylation sites (N-methyl/N-ethyl adjacent to an activating group) is 1. The lowest BCUT2D eigenvalue weighted by Gasteiger charge is -2.31. The first-order chi connectivity index (χ1) is 11.2. The second-order valence-corrected chi connectivity index (χ2v) is 6.62. The van der Waals surface area contributed by atoms with Crippen LogP contribution in [0.1, 0.15) is 4.88 Å². The van der Waals surface area contributed by atoms with Gasteiger partial charge in [-0.05, 0) is 18.2 Å². The SMILES string of the molecule is CNC(=O)C1CN(Cc2ccc(-c3ccccc3F)s2)CCO1. The second kappa shape index (κ2) is 7.21. The summed E-state index contributed by atoms with van der Waals surface area (Å²) >= 11 is 1.59. The molecule has 3 rings (SSSR count). The topological polar surface area (TPSA) is 41.6 Å². The van der Waals surface area contributed by atoms with E-state index < -0.39 is 6.10 Å². The highest BCUT2D eigenvalue weighted by Crippen LogP contribution is 2.30. The van der Waals surface area contributed by atoms with E-state index in [4.69, 9.17) is 4.74 Å². The fourth-order valence-electron chi connectivity index (χ4n) is 2.65. The smallest absolute Gasteiger partial charge is 0.250 e.